The maximum Gasteiger partial charge on any atom is 0.417 e. The van der Waals surface area contributed by atoms with Gasteiger partial charge in [0.1, 0.15) is 5.69 Å². The van der Waals surface area contributed by atoms with Crippen molar-refractivity contribution in [1.29, 1.82) is 0 Å². The second-order valence-electron chi connectivity index (χ2n) is 9.27. The molecule has 0 saturated carbocycles. The average Bonchev–Trinajstić information content (AvgIpc) is 3.37. The zero-order chi connectivity index (χ0) is 29.3. The quantitative estimate of drug-likeness (QED) is 0.162. The Morgan fingerprint density at radius 1 is 0.951 bits per heavy atom. The third-order valence-electron chi connectivity index (χ3n) is 6.28. The number of carbonyl (C=O) groups excluding carboxylic acids is 1. The van der Waals surface area contributed by atoms with Crippen LogP contribution in [0.5, 0.6) is 0 Å². The van der Waals surface area contributed by atoms with Crippen LogP contribution in [0.3, 0.4) is 0 Å². The number of fused-ring (bicyclic) bond motifs is 1. The van der Waals surface area contributed by atoms with Gasteiger partial charge in [0.05, 0.1) is 34.8 Å². The van der Waals surface area contributed by atoms with Gasteiger partial charge >= 0.3 is 12.1 Å². The summed E-state index contributed by atoms with van der Waals surface area (Å²) in [6.07, 6.45) is -1.07. The minimum absolute atomic E-state index is 0.0223. The fourth-order valence-corrected chi connectivity index (χ4v) is 4.31. The zero-order valence-electron chi connectivity index (χ0n) is 21.8. The van der Waals surface area contributed by atoms with Crippen LogP contribution in [0.25, 0.3) is 34.0 Å². The molecule has 41 heavy (non-hydrogen) atoms. The van der Waals surface area contributed by atoms with Crippen LogP contribution in [0, 0.1) is 18.6 Å². The zero-order valence-corrected chi connectivity index (χ0v) is 21.8. The lowest BCUT2D eigenvalue weighted by Crippen LogP contribution is -2.25. The molecule has 2 aliphatic rings. The third-order valence-corrected chi connectivity index (χ3v) is 6.28. The van der Waals surface area contributed by atoms with Crippen molar-refractivity contribution >= 4 is 5.97 Å². The summed E-state index contributed by atoms with van der Waals surface area (Å²) in [5.41, 5.74) is 0.0443. The van der Waals surface area contributed by atoms with Crippen LogP contribution in [0.4, 0.5) is 22.0 Å². The summed E-state index contributed by atoms with van der Waals surface area (Å²) in [4.78, 5) is 21.7. The summed E-state index contributed by atoms with van der Waals surface area (Å²) in [5.74, 6) is -2.85. The molecule has 3 aromatic rings. The molecule has 1 unspecified atom stereocenters. The van der Waals surface area contributed by atoms with Gasteiger partial charge in [-0.15, -0.1) is 0 Å². The second kappa shape index (κ2) is 11.0. The fourth-order valence-electron chi connectivity index (χ4n) is 4.31. The van der Waals surface area contributed by atoms with Gasteiger partial charge in [-0.3, -0.25) is 0 Å². The number of aryl methyl sites for hydroxylation is 1. The number of benzene rings is 2. The lowest BCUT2D eigenvalue weighted by atomic mass is 10.0. The van der Waals surface area contributed by atoms with Crippen molar-refractivity contribution < 1.29 is 31.5 Å². The Labute approximate surface area is 231 Å². The summed E-state index contributed by atoms with van der Waals surface area (Å²) in [6, 6.07) is 10.7. The standard InChI is InChI=1S/C29H22F5N5O2/c1-3-13-41-28(40)26(23-10-9-21(37-38-23)17-8-7-16(2)14-19(17)29(32,33)34)39-12-11-22-24(15-39)36-27(35-22)18-5-4-6-20(30)25(18)31/h4-12,14-15,26H,3,13H2,1-2H3. The predicted octanol–water partition coefficient (Wildman–Crippen LogP) is 6.65. The van der Waals surface area contributed by atoms with Crippen molar-refractivity contribution in [1.82, 2.24) is 24.7 Å². The molecular weight excluding hydrogens is 545 g/mol. The van der Waals surface area contributed by atoms with Crippen molar-refractivity contribution in [3.63, 3.8) is 0 Å². The lowest BCUT2D eigenvalue weighted by molar-refractivity contribution is -0.146. The van der Waals surface area contributed by atoms with E-state index >= 15 is 0 Å². The first-order valence-electron chi connectivity index (χ1n) is 12.5. The summed E-state index contributed by atoms with van der Waals surface area (Å²) in [6.45, 7) is 3.51. The van der Waals surface area contributed by atoms with E-state index in [4.69, 9.17) is 4.74 Å². The number of halogens is 5. The van der Waals surface area contributed by atoms with Gasteiger partial charge in [0.15, 0.2) is 23.5 Å². The van der Waals surface area contributed by atoms with Gasteiger partial charge in [-0.1, -0.05) is 30.7 Å². The lowest BCUT2D eigenvalue weighted by Gasteiger charge is -2.19. The number of hydrogen-bond donors (Lipinski definition) is 0. The van der Waals surface area contributed by atoms with Gasteiger partial charge in [-0.25, -0.2) is 23.5 Å². The van der Waals surface area contributed by atoms with Crippen molar-refractivity contribution in [2.45, 2.75) is 32.5 Å². The van der Waals surface area contributed by atoms with E-state index in [-0.39, 0.29) is 40.6 Å². The minimum Gasteiger partial charge on any atom is -0.464 e. The fraction of sp³-hybridized carbons (Fsp3) is 0.207. The van der Waals surface area contributed by atoms with E-state index in [0.29, 0.717) is 17.7 Å². The molecule has 0 amide bonds. The first kappa shape index (κ1) is 27.8. The molecule has 0 N–H and O–H groups in total. The summed E-state index contributed by atoms with van der Waals surface area (Å²) < 4.78 is 75.9. The maximum absolute atomic E-state index is 14.3. The van der Waals surface area contributed by atoms with Crippen LogP contribution in [0.1, 0.15) is 36.2 Å². The highest BCUT2D eigenvalue weighted by molar-refractivity contribution is 5.78. The Morgan fingerprint density at radius 2 is 1.73 bits per heavy atom. The molecule has 1 atom stereocenters. The van der Waals surface area contributed by atoms with Crippen LogP contribution in [0.15, 0.2) is 67.0 Å². The largest absolute Gasteiger partial charge is 0.464 e. The molecular formula is C29H22F5N5O2. The number of nitrogens with zero attached hydrogens (tertiary/aromatic N) is 5. The number of ether oxygens (including phenoxy) is 1. The topological polar surface area (TPSA) is 82.8 Å². The van der Waals surface area contributed by atoms with Crippen LogP contribution in [-0.4, -0.2) is 37.3 Å². The number of rotatable bonds is 7. The second-order valence-corrected chi connectivity index (χ2v) is 9.27. The van der Waals surface area contributed by atoms with Gasteiger partial charge in [0.25, 0.3) is 0 Å². The SMILES string of the molecule is CCCOC(=O)C(c1ccc(-c2ccc(C)cc2C(F)(F)F)nn1)n1ccc2nc(-c3cccc(F)c3F)nc-2c1. The monoisotopic (exact) mass is 567 g/mol. The Hall–Kier alpha value is -4.74. The maximum atomic E-state index is 14.3. The van der Waals surface area contributed by atoms with Crippen LogP contribution in [0.2, 0.25) is 0 Å². The number of hydrogen-bond acceptors (Lipinski definition) is 6. The molecule has 5 rings (SSSR count). The number of aromatic nitrogens is 5. The molecule has 0 fully saturated rings. The molecule has 12 heteroatoms. The van der Waals surface area contributed by atoms with Gasteiger partial charge < -0.3 is 9.30 Å². The van der Waals surface area contributed by atoms with E-state index in [0.717, 1.165) is 12.1 Å². The average molecular weight is 568 g/mol. The normalized spacial score (nSPS) is 12.5. The van der Waals surface area contributed by atoms with E-state index in [1.54, 1.807) is 13.0 Å². The molecule has 0 spiro atoms. The van der Waals surface area contributed by atoms with Crippen LogP contribution < -0.4 is 0 Å². The number of esters is 1. The van der Waals surface area contributed by atoms with Crippen LogP contribution in [-0.2, 0) is 15.7 Å². The molecule has 0 radical (unpaired) electrons. The highest BCUT2D eigenvalue weighted by Gasteiger charge is 2.34. The smallest absolute Gasteiger partial charge is 0.417 e. The predicted molar refractivity (Wildman–Crippen MR) is 139 cm³/mol. The number of carbonyl (C=O) groups is 1. The molecule has 0 saturated heterocycles. The number of alkyl halides is 3. The Balaban J connectivity index is 1.54. The van der Waals surface area contributed by atoms with Crippen molar-refractivity contribution in [2.24, 2.45) is 0 Å². The van der Waals surface area contributed by atoms with Gasteiger partial charge in [-0.05, 0) is 49.7 Å². The first-order valence-corrected chi connectivity index (χ1v) is 12.5. The molecule has 210 valence electrons. The number of imidazole rings is 1. The summed E-state index contributed by atoms with van der Waals surface area (Å²) in [7, 11) is 0. The summed E-state index contributed by atoms with van der Waals surface area (Å²) in [5, 5.41) is 8.10. The molecule has 2 aliphatic heterocycles. The van der Waals surface area contributed by atoms with Crippen LogP contribution >= 0.6 is 0 Å². The van der Waals surface area contributed by atoms with Crippen molar-refractivity contribution in [3.8, 4) is 34.0 Å². The summed E-state index contributed by atoms with van der Waals surface area (Å²) >= 11 is 0. The van der Waals surface area contributed by atoms with Gasteiger partial charge in [0, 0.05) is 18.0 Å². The van der Waals surface area contributed by atoms with Crippen molar-refractivity contribution in [3.05, 3.63) is 95.4 Å². The van der Waals surface area contributed by atoms with E-state index in [1.807, 2.05) is 6.92 Å². The molecule has 1 aromatic heterocycles. The Bertz CT molecular complexity index is 1680. The molecule has 0 aliphatic carbocycles. The van der Waals surface area contributed by atoms with Crippen molar-refractivity contribution in [2.75, 3.05) is 6.61 Å². The van der Waals surface area contributed by atoms with E-state index in [2.05, 4.69) is 20.2 Å². The Morgan fingerprint density at radius 3 is 2.44 bits per heavy atom. The van der Waals surface area contributed by atoms with E-state index < -0.39 is 35.4 Å². The minimum atomic E-state index is -4.60. The van der Waals surface area contributed by atoms with Gasteiger partial charge in [0.2, 0.25) is 0 Å². The molecule has 7 nitrogen and oxygen atoms in total. The number of pyridine rings is 1. The molecule has 3 heterocycles. The van der Waals surface area contributed by atoms with E-state index in [1.165, 1.54) is 53.4 Å². The Kier molecular flexibility index (Phi) is 7.48. The highest BCUT2D eigenvalue weighted by atomic mass is 19.4. The molecule has 0 bridgehead atoms. The third kappa shape index (κ3) is 5.63. The highest BCUT2D eigenvalue weighted by Crippen LogP contribution is 2.37. The first-order chi connectivity index (χ1) is 19.6. The van der Waals surface area contributed by atoms with E-state index in [9.17, 15) is 26.7 Å². The molecule has 2 aromatic carbocycles. The van der Waals surface area contributed by atoms with Gasteiger partial charge in [-0.2, -0.15) is 23.4 Å².